The zero-order valence-electron chi connectivity index (χ0n) is 32.2. The van der Waals surface area contributed by atoms with Gasteiger partial charge in [-0.1, -0.05) is 143 Å². The first-order chi connectivity index (χ1) is 27.3. The summed E-state index contributed by atoms with van der Waals surface area (Å²) in [6, 6.07) is 67.6. The number of benzene rings is 9. The molecule has 0 unspecified atom stereocenters. The Kier molecular flexibility index (Phi) is 6.98. The normalized spacial score (nSPS) is 14.7. The van der Waals surface area contributed by atoms with Crippen molar-refractivity contribution >= 4 is 66.4 Å². The van der Waals surface area contributed by atoms with Gasteiger partial charge in [0.25, 0.3) is 0 Å². The number of hydrogen-bond acceptors (Lipinski definition) is 2. The Morgan fingerprint density at radius 2 is 0.821 bits per heavy atom. The number of nitrogens with zero attached hydrogens (tertiary/aromatic N) is 2. The highest BCUT2D eigenvalue weighted by Gasteiger charge is 2.39. The molecule has 0 atom stereocenters. The minimum atomic E-state index is -0.309. The van der Waals surface area contributed by atoms with E-state index in [1.807, 2.05) is 0 Å². The maximum Gasteiger partial charge on any atom is 0.0509 e. The third-order valence-corrected chi connectivity index (χ3v) is 12.8. The highest BCUT2D eigenvalue weighted by atomic mass is 15.2. The van der Waals surface area contributed by atoms with Crippen LogP contribution in [-0.2, 0) is 10.8 Å². The second-order valence-corrected chi connectivity index (χ2v) is 16.6. The lowest BCUT2D eigenvalue weighted by Crippen LogP contribution is -2.31. The molecule has 1 aliphatic carbocycles. The van der Waals surface area contributed by atoms with E-state index in [-0.39, 0.29) is 10.8 Å². The third-order valence-electron chi connectivity index (χ3n) is 12.8. The Morgan fingerprint density at radius 1 is 0.339 bits per heavy atom. The lowest BCUT2D eigenvalue weighted by molar-refractivity contribution is 0.633. The third kappa shape index (κ3) is 4.62. The van der Waals surface area contributed by atoms with Crippen molar-refractivity contribution in [3.63, 3.8) is 0 Å². The van der Waals surface area contributed by atoms with Crippen LogP contribution in [-0.4, -0.2) is 0 Å². The zero-order valence-corrected chi connectivity index (χ0v) is 32.2. The molecule has 0 saturated heterocycles. The van der Waals surface area contributed by atoms with Crippen LogP contribution in [0.4, 0.5) is 34.1 Å². The zero-order chi connectivity index (χ0) is 37.8. The van der Waals surface area contributed by atoms with Gasteiger partial charge in [0.05, 0.1) is 11.4 Å². The van der Waals surface area contributed by atoms with Crippen LogP contribution in [0.3, 0.4) is 0 Å². The quantitative estimate of drug-likeness (QED) is 0.167. The Balaban J connectivity index is 1.15. The van der Waals surface area contributed by atoms with Crippen molar-refractivity contribution in [2.45, 2.75) is 38.5 Å². The van der Waals surface area contributed by atoms with Gasteiger partial charge in [0, 0.05) is 33.6 Å². The molecule has 0 spiro atoms. The molecule has 0 amide bonds. The van der Waals surface area contributed by atoms with E-state index in [4.69, 9.17) is 0 Å². The minimum Gasteiger partial charge on any atom is -0.310 e. The van der Waals surface area contributed by atoms with Gasteiger partial charge in [-0.3, -0.25) is 0 Å². The summed E-state index contributed by atoms with van der Waals surface area (Å²) in [5.74, 6) is 0. The summed E-state index contributed by atoms with van der Waals surface area (Å²) >= 11 is 0. The predicted molar refractivity (Wildman–Crippen MR) is 238 cm³/mol. The second kappa shape index (κ2) is 11.9. The number of rotatable bonds is 4. The van der Waals surface area contributed by atoms with E-state index in [0.717, 1.165) is 22.7 Å². The molecule has 0 saturated carbocycles. The van der Waals surface area contributed by atoms with Crippen LogP contribution in [0, 0.1) is 0 Å². The topological polar surface area (TPSA) is 6.48 Å². The summed E-state index contributed by atoms with van der Waals surface area (Å²) in [4.78, 5) is 4.93. The number of anilines is 6. The number of hydrogen-bond donors (Lipinski definition) is 0. The second-order valence-electron chi connectivity index (χ2n) is 16.6. The van der Waals surface area contributed by atoms with Crippen molar-refractivity contribution in [2.75, 3.05) is 9.80 Å². The summed E-state index contributed by atoms with van der Waals surface area (Å²) in [6.07, 6.45) is 0. The highest BCUT2D eigenvalue weighted by molar-refractivity contribution is 6.26. The maximum atomic E-state index is 2.50. The summed E-state index contributed by atoms with van der Waals surface area (Å²) in [5.41, 5.74) is 14.7. The summed E-state index contributed by atoms with van der Waals surface area (Å²) < 4.78 is 0. The van der Waals surface area contributed by atoms with E-state index in [0.29, 0.717) is 0 Å². The molecule has 2 nitrogen and oxygen atoms in total. The first-order valence-electron chi connectivity index (χ1n) is 19.8. The fraction of sp³-hybridized carbons (Fsp3) is 0.111. The van der Waals surface area contributed by atoms with Crippen LogP contribution >= 0.6 is 0 Å². The average Bonchev–Trinajstić information content (AvgIpc) is 3.47. The van der Waals surface area contributed by atoms with E-state index in [2.05, 4.69) is 219 Å². The van der Waals surface area contributed by atoms with Crippen molar-refractivity contribution in [2.24, 2.45) is 0 Å². The molecule has 9 aromatic rings. The average molecular weight is 719 g/mol. The lowest BCUT2D eigenvalue weighted by atomic mass is 9.72. The van der Waals surface area contributed by atoms with Gasteiger partial charge in [-0.25, -0.2) is 0 Å². The van der Waals surface area contributed by atoms with Gasteiger partial charge in [-0.2, -0.15) is 0 Å². The Bertz CT molecular complexity index is 3030. The van der Waals surface area contributed by atoms with E-state index in [9.17, 15) is 0 Å². The Labute approximate surface area is 328 Å². The van der Waals surface area contributed by atoms with Gasteiger partial charge < -0.3 is 9.80 Å². The first-order valence-corrected chi connectivity index (χ1v) is 19.8. The molecular weight excluding hydrogens is 677 g/mol. The summed E-state index contributed by atoms with van der Waals surface area (Å²) in [6.45, 7) is 9.55. The Hall–Kier alpha value is -6.64. The molecule has 1 aliphatic heterocycles. The smallest absolute Gasteiger partial charge is 0.0509 e. The van der Waals surface area contributed by atoms with E-state index in [1.54, 1.807) is 0 Å². The highest BCUT2D eigenvalue weighted by Crippen LogP contribution is 2.56. The van der Waals surface area contributed by atoms with Crippen molar-refractivity contribution in [1.29, 1.82) is 0 Å². The number of fused-ring (bicyclic) bond motifs is 11. The van der Waals surface area contributed by atoms with Crippen LogP contribution in [0.2, 0.25) is 0 Å². The van der Waals surface area contributed by atoms with E-state index >= 15 is 0 Å². The van der Waals surface area contributed by atoms with Crippen molar-refractivity contribution < 1.29 is 0 Å². The molecule has 0 radical (unpaired) electrons. The summed E-state index contributed by atoms with van der Waals surface area (Å²) in [7, 11) is 0. The van der Waals surface area contributed by atoms with E-state index < -0.39 is 0 Å². The SMILES string of the molecule is CC1(C)c2ccccc2-c2ccc(N(c3ccccc3)c3ccc4c(c3)C(C)(C)c3cc5c6ccccc6c6ccccc6c5cc3N4c3ccccc3)cc21. The van der Waals surface area contributed by atoms with Crippen LogP contribution in [0.5, 0.6) is 0 Å². The minimum absolute atomic E-state index is 0.0969. The Morgan fingerprint density at radius 3 is 1.50 bits per heavy atom. The number of para-hydroxylation sites is 2. The van der Waals surface area contributed by atoms with Gasteiger partial charge in [-0.15, -0.1) is 0 Å². The van der Waals surface area contributed by atoms with Crippen molar-refractivity contribution in [3.05, 3.63) is 204 Å². The van der Waals surface area contributed by atoms with Gasteiger partial charge in [-0.05, 0) is 132 Å². The molecule has 2 aliphatic rings. The van der Waals surface area contributed by atoms with Crippen molar-refractivity contribution in [3.8, 4) is 11.1 Å². The summed E-state index contributed by atoms with van der Waals surface area (Å²) in [5, 5.41) is 7.75. The van der Waals surface area contributed by atoms with Gasteiger partial charge in [0.2, 0.25) is 0 Å². The fourth-order valence-electron chi connectivity index (χ4n) is 9.97. The van der Waals surface area contributed by atoms with Crippen LogP contribution in [0.25, 0.3) is 43.4 Å². The molecule has 56 heavy (non-hydrogen) atoms. The van der Waals surface area contributed by atoms with Gasteiger partial charge in [0.1, 0.15) is 0 Å². The standard InChI is InChI=1S/C54H42N2/c1-53(2)47-26-16-15-25-43(47)44-29-27-37(31-48(44)53)55(35-17-7-5-8-18-35)38-28-30-51-49(32-38)54(3,4)50-33-45-41-23-13-11-21-39(41)40-22-12-14-24-42(40)46(45)34-52(50)56(51)36-19-9-6-10-20-36/h5-34H,1-4H3. The molecule has 0 bridgehead atoms. The molecule has 2 heteroatoms. The van der Waals surface area contributed by atoms with Crippen LogP contribution in [0.15, 0.2) is 182 Å². The van der Waals surface area contributed by atoms with Crippen molar-refractivity contribution in [1.82, 2.24) is 0 Å². The lowest BCUT2D eigenvalue weighted by Gasteiger charge is -2.43. The molecule has 0 fully saturated rings. The molecule has 0 N–H and O–H groups in total. The molecule has 268 valence electrons. The monoisotopic (exact) mass is 718 g/mol. The van der Waals surface area contributed by atoms with E-state index in [1.165, 1.54) is 77.1 Å². The molecular formula is C54H42N2. The largest absolute Gasteiger partial charge is 0.310 e. The first kappa shape index (κ1) is 32.8. The molecule has 0 aromatic heterocycles. The molecule has 1 heterocycles. The van der Waals surface area contributed by atoms with Gasteiger partial charge >= 0.3 is 0 Å². The van der Waals surface area contributed by atoms with Gasteiger partial charge in [0.15, 0.2) is 0 Å². The predicted octanol–water partition coefficient (Wildman–Crippen LogP) is 15.0. The maximum absolute atomic E-state index is 2.50. The molecule has 9 aromatic carbocycles. The van der Waals surface area contributed by atoms with Crippen LogP contribution < -0.4 is 9.80 Å². The fourth-order valence-corrected chi connectivity index (χ4v) is 9.97. The van der Waals surface area contributed by atoms with Crippen LogP contribution in [0.1, 0.15) is 49.9 Å². The molecule has 11 rings (SSSR count).